The summed E-state index contributed by atoms with van der Waals surface area (Å²) in [6, 6.07) is -0.146. The summed E-state index contributed by atoms with van der Waals surface area (Å²) in [5.41, 5.74) is 0.837. The number of carbonyl (C=O) groups is 1. The first-order chi connectivity index (χ1) is 9.45. The lowest BCUT2D eigenvalue weighted by Gasteiger charge is -2.30. The van der Waals surface area contributed by atoms with Gasteiger partial charge in [-0.25, -0.2) is 22.9 Å². The molecule has 1 aromatic heterocycles. The third kappa shape index (κ3) is 3.33. The summed E-state index contributed by atoms with van der Waals surface area (Å²) in [4.78, 5) is 14.6. The Kier molecular flexibility index (Phi) is 5.05. The molecule has 112 valence electrons. The van der Waals surface area contributed by atoms with Crippen molar-refractivity contribution in [2.24, 2.45) is 0 Å². The third-order valence-corrected chi connectivity index (χ3v) is 7.32. The van der Waals surface area contributed by atoms with E-state index in [2.05, 4.69) is 9.71 Å². The quantitative estimate of drug-likeness (QED) is 0.851. The SMILES string of the molecule is CSC1CCCCC1NS(=O)(=O)c1scnc1C(=O)O. The molecule has 0 saturated heterocycles. The van der Waals surface area contributed by atoms with Gasteiger partial charge in [-0.15, -0.1) is 11.3 Å². The van der Waals surface area contributed by atoms with E-state index in [0.29, 0.717) is 0 Å². The number of hydrogen-bond acceptors (Lipinski definition) is 6. The first-order valence-corrected chi connectivity index (χ1v) is 9.82. The fourth-order valence-electron chi connectivity index (χ4n) is 2.34. The van der Waals surface area contributed by atoms with Crippen LogP contribution in [0.25, 0.3) is 0 Å². The van der Waals surface area contributed by atoms with Gasteiger partial charge in [0.15, 0.2) is 9.90 Å². The Bertz CT molecular complexity index is 584. The molecule has 0 spiro atoms. The van der Waals surface area contributed by atoms with Crippen LogP contribution in [0.1, 0.15) is 36.2 Å². The summed E-state index contributed by atoms with van der Waals surface area (Å²) in [6.45, 7) is 0. The maximum Gasteiger partial charge on any atom is 0.356 e. The molecule has 2 unspecified atom stereocenters. The van der Waals surface area contributed by atoms with Crippen LogP contribution in [0.5, 0.6) is 0 Å². The van der Waals surface area contributed by atoms with Crippen LogP contribution in [0, 0.1) is 0 Å². The van der Waals surface area contributed by atoms with Crippen LogP contribution in [0.2, 0.25) is 0 Å². The molecule has 0 aromatic carbocycles. The Morgan fingerprint density at radius 1 is 1.50 bits per heavy atom. The van der Waals surface area contributed by atoms with Crippen LogP contribution in [0.4, 0.5) is 0 Å². The van der Waals surface area contributed by atoms with Crippen LogP contribution in [0.15, 0.2) is 9.72 Å². The van der Waals surface area contributed by atoms with Gasteiger partial charge in [0, 0.05) is 11.3 Å². The molecule has 0 amide bonds. The fraction of sp³-hybridized carbons (Fsp3) is 0.636. The summed E-state index contributed by atoms with van der Waals surface area (Å²) in [7, 11) is -3.82. The molecule has 6 nitrogen and oxygen atoms in total. The van der Waals surface area contributed by atoms with Gasteiger partial charge < -0.3 is 5.11 Å². The van der Waals surface area contributed by atoms with E-state index in [1.54, 1.807) is 11.8 Å². The molecule has 1 saturated carbocycles. The summed E-state index contributed by atoms with van der Waals surface area (Å²) < 4.78 is 27.1. The lowest BCUT2D eigenvalue weighted by atomic mass is 9.96. The van der Waals surface area contributed by atoms with Gasteiger partial charge in [0.1, 0.15) is 0 Å². The Balaban J connectivity index is 2.22. The smallest absolute Gasteiger partial charge is 0.356 e. The van der Waals surface area contributed by atoms with E-state index in [9.17, 15) is 13.2 Å². The lowest BCUT2D eigenvalue weighted by molar-refractivity contribution is 0.0687. The van der Waals surface area contributed by atoms with Crippen molar-refractivity contribution in [2.45, 2.75) is 41.2 Å². The lowest BCUT2D eigenvalue weighted by Crippen LogP contribution is -2.43. The summed E-state index contributed by atoms with van der Waals surface area (Å²) in [5, 5.41) is 9.21. The Morgan fingerprint density at radius 2 is 2.20 bits per heavy atom. The van der Waals surface area contributed by atoms with Gasteiger partial charge >= 0.3 is 5.97 Å². The highest BCUT2D eigenvalue weighted by Gasteiger charge is 2.32. The number of thioether (sulfide) groups is 1. The number of carboxylic acids is 1. The second-order valence-electron chi connectivity index (χ2n) is 4.58. The van der Waals surface area contributed by atoms with E-state index in [1.807, 2.05) is 6.26 Å². The first-order valence-electron chi connectivity index (χ1n) is 6.17. The summed E-state index contributed by atoms with van der Waals surface area (Å²) >= 11 is 2.48. The van der Waals surface area contributed by atoms with Gasteiger partial charge in [0.25, 0.3) is 10.0 Å². The van der Waals surface area contributed by atoms with Crippen LogP contribution in [-0.4, -0.2) is 42.0 Å². The van der Waals surface area contributed by atoms with Crippen LogP contribution >= 0.6 is 23.1 Å². The van der Waals surface area contributed by atoms with Crippen molar-refractivity contribution in [3.63, 3.8) is 0 Å². The number of hydrogen-bond donors (Lipinski definition) is 2. The number of sulfonamides is 1. The van der Waals surface area contributed by atoms with Gasteiger partial charge in [-0.05, 0) is 19.1 Å². The number of carboxylic acid groups (broad SMARTS) is 1. The monoisotopic (exact) mass is 336 g/mol. The maximum absolute atomic E-state index is 12.3. The number of nitrogens with one attached hydrogen (secondary N) is 1. The van der Waals surface area contributed by atoms with E-state index in [1.165, 1.54) is 5.51 Å². The van der Waals surface area contributed by atoms with E-state index < -0.39 is 21.7 Å². The molecule has 2 atom stereocenters. The van der Waals surface area contributed by atoms with Gasteiger partial charge in [0.05, 0.1) is 5.51 Å². The van der Waals surface area contributed by atoms with Crippen molar-refractivity contribution in [2.75, 3.05) is 6.26 Å². The van der Waals surface area contributed by atoms with E-state index in [0.717, 1.165) is 37.0 Å². The van der Waals surface area contributed by atoms with Crippen molar-refractivity contribution in [3.05, 3.63) is 11.2 Å². The van der Waals surface area contributed by atoms with E-state index >= 15 is 0 Å². The molecule has 0 radical (unpaired) electrons. The van der Waals surface area contributed by atoms with Gasteiger partial charge in [0.2, 0.25) is 0 Å². The Labute approximate surface area is 126 Å². The molecule has 0 bridgehead atoms. The number of nitrogens with zero attached hydrogens (tertiary/aromatic N) is 1. The standard InChI is InChI=1S/C11H16N2O4S3/c1-18-8-5-3-2-4-7(8)13-20(16,17)11-9(10(14)15)12-6-19-11/h6-8,13H,2-5H2,1H3,(H,14,15). The van der Waals surface area contributed by atoms with Crippen LogP contribution in [-0.2, 0) is 10.0 Å². The molecule has 1 aromatic rings. The minimum absolute atomic E-state index is 0.146. The highest BCUT2D eigenvalue weighted by atomic mass is 32.2. The minimum atomic E-state index is -3.82. The predicted octanol–water partition coefficient (Wildman–Crippen LogP) is 1.79. The second kappa shape index (κ2) is 6.42. The maximum atomic E-state index is 12.3. The van der Waals surface area contributed by atoms with Crippen molar-refractivity contribution >= 4 is 39.1 Å². The topological polar surface area (TPSA) is 96.4 Å². The normalized spacial score (nSPS) is 23.6. The van der Waals surface area contributed by atoms with Crippen LogP contribution < -0.4 is 4.72 Å². The third-order valence-electron chi connectivity index (χ3n) is 3.29. The zero-order chi connectivity index (χ0) is 14.8. The zero-order valence-corrected chi connectivity index (χ0v) is 13.4. The van der Waals surface area contributed by atoms with Crippen molar-refractivity contribution in [3.8, 4) is 0 Å². The molecular formula is C11H16N2O4S3. The zero-order valence-electron chi connectivity index (χ0n) is 10.9. The molecule has 2 N–H and O–H groups in total. The first kappa shape index (κ1) is 15.7. The number of aromatic carboxylic acids is 1. The summed E-state index contributed by atoms with van der Waals surface area (Å²) in [5.74, 6) is -1.32. The molecule has 9 heteroatoms. The molecule has 1 aliphatic rings. The Hall–Kier alpha value is -0.640. The van der Waals surface area contributed by atoms with E-state index in [4.69, 9.17) is 5.11 Å². The van der Waals surface area contributed by atoms with Gasteiger partial charge in [-0.1, -0.05) is 12.8 Å². The number of rotatable bonds is 5. The largest absolute Gasteiger partial charge is 0.476 e. The molecule has 1 aliphatic carbocycles. The summed E-state index contributed by atoms with van der Waals surface area (Å²) in [6.07, 6.45) is 5.81. The molecule has 20 heavy (non-hydrogen) atoms. The predicted molar refractivity (Wildman–Crippen MR) is 79.0 cm³/mol. The molecule has 0 aliphatic heterocycles. The van der Waals surface area contributed by atoms with Gasteiger partial charge in [-0.3, -0.25) is 0 Å². The second-order valence-corrected chi connectivity index (χ2v) is 8.42. The van der Waals surface area contributed by atoms with Gasteiger partial charge in [-0.2, -0.15) is 11.8 Å². The molecule has 1 fully saturated rings. The van der Waals surface area contributed by atoms with Crippen molar-refractivity contribution in [1.82, 2.24) is 9.71 Å². The number of thiazole rings is 1. The number of aromatic nitrogens is 1. The molecular weight excluding hydrogens is 320 g/mol. The Morgan fingerprint density at radius 3 is 2.85 bits per heavy atom. The highest BCUT2D eigenvalue weighted by molar-refractivity contribution is 7.99. The van der Waals surface area contributed by atoms with Crippen molar-refractivity contribution in [1.29, 1.82) is 0 Å². The molecule has 2 rings (SSSR count). The highest BCUT2D eigenvalue weighted by Crippen LogP contribution is 2.29. The molecule has 1 heterocycles. The van der Waals surface area contributed by atoms with Crippen LogP contribution in [0.3, 0.4) is 0 Å². The average Bonchev–Trinajstić information content (AvgIpc) is 2.89. The van der Waals surface area contributed by atoms with Crippen molar-refractivity contribution < 1.29 is 18.3 Å². The average molecular weight is 336 g/mol. The fourth-order valence-corrected chi connectivity index (χ4v) is 5.82. The van der Waals surface area contributed by atoms with E-state index in [-0.39, 0.29) is 15.5 Å². The minimum Gasteiger partial charge on any atom is -0.476 e.